The van der Waals surface area contributed by atoms with Crippen molar-refractivity contribution >= 4 is 0 Å². The van der Waals surface area contributed by atoms with Crippen LogP contribution in [0.3, 0.4) is 0 Å². The van der Waals surface area contributed by atoms with Gasteiger partial charge in [0, 0.05) is 0 Å². The Kier molecular flexibility index (Phi) is 11.1. The van der Waals surface area contributed by atoms with Gasteiger partial charge in [-0.15, -0.1) is 0 Å². The van der Waals surface area contributed by atoms with Crippen LogP contribution in [0.5, 0.6) is 5.75 Å². The van der Waals surface area contributed by atoms with E-state index in [2.05, 4.69) is 81.5 Å². The summed E-state index contributed by atoms with van der Waals surface area (Å²) in [6.07, 6.45) is 19.8. The molecule has 2 aromatic carbocycles. The van der Waals surface area contributed by atoms with Crippen LogP contribution in [0.15, 0.2) is 60.7 Å². The molecule has 0 aliphatic heterocycles. The minimum Gasteiger partial charge on any atom is -0.493 e. The normalized spacial score (nSPS) is 19.6. The van der Waals surface area contributed by atoms with Crippen LogP contribution in [-0.4, -0.2) is 6.61 Å². The third kappa shape index (κ3) is 9.03. The molecule has 0 saturated heterocycles. The maximum absolute atomic E-state index is 5.89. The fourth-order valence-corrected chi connectivity index (χ4v) is 4.85. The molecule has 0 unspecified atom stereocenters. The summed E-state index contributed by atoms with van der Waals surface area (Å²) in [6, 6.07) is 17.6. The zero-order chi connectivity index (χ0) is 23.3. The molecule has 180 valence electrons. The molecule has 1 fully saturated rings. The fourth-order valence-electron chi connectivity index (χ4n) is 4.85. The molecule has 3 rings (SSSR count). The van der Waals surface area contributed by atoms with Gasteiger partial charge in [-0.2, -0.15) is 0 Å². The molecule has 1 nitrogen and oxygen atoms in total. The summed E-state index contributed by atoms with van der Waals surface area (Å²) in [5.41, 5.74) is 3.96. The second-order valence-electron chi connectivity index (χ2n) is 10.3. The van der Waals surface area contributed by atoms with Gasteiger partial charge >= 0.3 is 0 Å². The van der Waals surface area contributed by atoms with E-state index in [-0.39, 0.29) is 0 Å². The zero-order valence-electron chi connectivity index (χ0n) is 21.4. The highest BCUT2D eigenvalue weighted by Crippen LogP contribution is 2.32. The Bertz CT molecular complexity index is 793. The average Bonchev–Trinajstić information content (AvgIpc) is 2.87. The number of allylic oxidation sites excluding steroid dienone is 2. The van der Waals surface area contributed by atoms with Crippen molar-refractivity contribution in [2.45, 2.75) is 91.4 Å². The summed E-state index contributed by atoms with van der Waals surface area (Å²) in [5.74, 6) is 3.40. The zero-order valence-corrected chi connectivity index (χ0v) is 21.4. The first-order chi connectivity index (χ1) is 16.2. The van der Waals surface area contributed by atoms with Crippen LogP contribution in [0.1, 0.15) is 90.5 Å². The maximum atomic E-state index is 5.89. The van der Waals surface area contributed by atoms with E-state index >= 15 is 0 Å². The lowest BCUT2D eigenvalue weighted by atomic mass is 9.79. The van der Waals surface area contributed by atoms with Crippen molar-refractivity contribution in [2.75, 3.05) is 6.61 Å². The highest BCUT2D eigenvalue weighted by atomic mass is 16.5. The van der Waals surface area contributed by atoms with Crippen LogP contribution < -0.4 is 4.74 Å². The Morgan fingerprint density at radius 2 is 1.55 bits per heavy atom. The highest BCUT2D eigenvalue weighted by Gasteiger charge is 2.18. The molecule has 1 saturated carbocycles. The molecule has 0 amide bonds. The van der Waals surface area contributed by atoms with Crippen LogP contribution in [0.4, 0.5) is 0 Å². The number of hydrogen-bond acceptors (Lipinski definition) is 1. The second-order valence-corrected chi connectivity index (χ2v) is 10.3. The third-order valence-corrected chi connectivity index (χ3v) is 7.49. The van der Waals surface area contributed by atoms with Gasteiger partial charge in [-0.1, -0.05) is 101 Å². The third-order valence-electron chi connectivity index (χ3n) is 7.49. The quantitative estimate of drug-likeness (QED) is 0.220. The van der Waals surface area contributed by atoms with Crippen molar-refractivity contribution in [2.24, 2.45) is 17.8 Å². The summed E-state index contributed by atoms with van der Waals surface area (Å²) >= 11 is 0. The van der Waals surface area contributed by atoms with Crippen molar-refractivity contribution in [1.82, 2.24) is 0 Å². The molecule has 0 heterocycles. The molecule has 0 N–H and O–H groups in total. The Morgan fingerprint density at radius 1 is 0.879 bits per heavy atom. The van der Waals surface area contributed by atoms with Crippen molar-refractivity contribution in [3.63, 3.8) is 0 Å². The number of ether oxygens (including phenoxy) is 1. The van der Waals surface area contributed by atoms with Crippen molar-refractivity contribution < 1.29 is 4.74 Å². The first-order valence-electron chi connectivity index (χ1n) is 13.7. The number of benzene rings is 2. The second kappa shape index (κ2) is 14.3. The largest absolute Gasteiger partial charge is 0.493 e. The van der Waals surface area contributed by atoms with Crippen molar-refractivity contribution in [1.29, 1.82) is 0 Å². The summed E-state index contributed by atoms with van der Waals surface area (Å²) in [7, 11) is 0. The van der Waals surface area contributed by atoms with Gasteiger partial charge < -0.3 is 4.74 Å². The minimum atomic E-state index is 0.599. The molecule has 0 radical (unpaired) electrons. The van der Waals surface area contributed by atoms with E-state index in [1.165, 1.54) is 68.1 Å². The lowest BCUT2D eigenvalue weighted by molar-refractivity contribution is 0.256. The number of unbranched alkanes of at least 4 members (excludes halogenated alkanes) is 2. The Morgan fingerprint density at radius 3 is 2.18 bits per heavy atom. The monoisotopic (exact) mass is 446 g/mol. The molecule has 1 atom stereocenters. The van der Waals surface area contributed by atoms with Crippen LogP contribution >= 0.6 is 0 Å². The first-order valence-corrected chi connectivity index (χ1v) is 13.7. The van der Waals surface area contributed by atoms with Gasteiger partial charge in [0.25, 0.3) is 0 Å². The van der Waals surface area contributed by atoms with Gasteiger partial charge in [-0.05, 0) is 85.1 Å². The van der Waals surface area contributed by atoms with Gasteiger partial charge in [0.1, 0.15) is 5.75 Å². The van der Waals surface area contributed by atoms with Gasteiger partial charge in [-0.25, -0.2) is 0 Å². The lowest BCUT2D eigenvalue weighted by Gasteiger charge is -2.26. The van der Waals surface area contributed by atoms with Crippen LogP contribution in [0.2, 0.25) is 0 Å². The summed E-state index contributed by atoms with van der Waals surface area (Å²) in [6.45, 7) is 7.53. The molecule has 1 aliphatic carbocycles. The van der Waals surface area contributed by atoms with E-state index in [9.17, 15) is 0 Å². The number of rotatable bonds is 13. The van der Waals surface area contributed by atoms with E-state index in [1.54, 1.807) is 0 Å². The molecule has 0 spiro atoms. The van der Waals surface area contributed by atoms with E-state index in [4.69, 9.17) is 4.74 Å². The van der Waals surface area contributed by atoms with Gasteiger partial charge in [-0.3, -0.25) is 0 Å². The predicted molar refractivity (Wildman–Crippen MR) is 144 cm³/mol. The minimum absolute atomic E-state index is 0.599. The Balaban J connectivity index is 1.38. The molecule has 0 bridgehead atoms. The summed E-state index contributed by atoms with van der Waals surface area (Å²) in [4.78, 5) is 0. The van der Waals surface area contributed by atoms with Crippen LogP contribution in [0, 0.1) is 17.8 Å². The standard InChI is InChI=1S/C32H46O/c1-4-6-7-10-27-13-15-28(16-14-27)11-8-9-12-29-17-19-30(20-18-29)31-21-23-32(24-22-31)33-25-26(3)5-2/h8,11,17-24,26-28H,4-7,9-10,12-16,25H2,1-3H3/t26-,27?,28?/m0/s1. The predicted octanol–water partition coefficient (Wildman–Crippen LogP) is 9.65. The van der Waals surface area contributed by atoms with Crippen LogP contribution in [0.25, 0.3) is 11.1 Å². The summed E-state index contributed by atoms with van der Waals surface area (Å²) < 4.78 is 5.89. The Hall–Kier alpha value is -2.02. The molecule has 1 aliphatic rings. The van der Waals surface area contributed by atoms with Crippen LogP contribution in [-0.2, 0) is 6.42 Å². The van der Waals surface area contributed by atoms with Gasteiger partial charge in [0.15, 0.2) is 0 Å². The molecule has 33 heavy (non-hydrogen) atoms. The topological polar surface area (TPSA) is 9.23 Å². The molecular formula is C32H46O. The average molecular weight is 447 g/mol. The maximum Gasteiger partial charge on any atom is 0.119 e. The number of hydrogen-bond donors (Lipinski definition) is 0. The Labute approximate surface area is 203 Å². The molecule has 1 heteroatoms. The van der Waals surface area contributed by atoms with E-state index < -0.39 is 0 Å². The number of aryl methyl sites for hydroxylation is 1. The van der Waals surface area contributed by atoms with Crippen molar-refractivity contribution in [3.8, 4) is 16.9 Å². The van der Waals surface area contributed by atoms with Crippen molar-refractivity contribution in [3.05, 3.63) is 66.2 Å². The smallest absolute Gasteiger partial charge is 0.119 e. The fraction of sp³-hybridized carbons (Fsp3) is 0.562. The lowest BCUT2D eigenvalue weighted by Crippen LogP contribution is -2.13. The SMILES string of the molecule is CCCCCC1CCC(C=CCCc2ccc(-c3ccc(OC[C@@H](C)CC)cc3)cc2)CC1. The summed E-state index contributed by atoms with van der Waals surface area (Å²) in [5, 5.41) is 0. The van der Waals surface area contributed by atoms with E-state index in [0.717, 1.165) is 43.5 Å². The highest BCUT2D eigenvalue weighted by molar-refractivity contribution is 5.64. The van der Waals surface area contributed by atoms with E-state index in [1.807, 2.05) is 0 Å². The molecule has 0 aromatic heterocycles. The van der Waals surface area contributed by atoms with Gasteiger partial charge in [0.2, 0.25) is 0 Å². The van der Waals surface area contributed by atoms with Gasteiger partial charge in [0.05, 0.1) is 6.61 Å². The van der Waals surface area contributed by atoms with E-state index in [0.29, 0.717) is 5.92 Å². The molecular weight excluding hydrogens is 400 g/mol. The molecule has 2 aromatic rings. The first kappa shape index (κ1) is 25.6.